The van der Waals surface area contributed by atoms with Crippen molar-refractivity contribution in [3.63, 3.8) is 0 Å². The summed E-state index contributed by atoms with van der Waals surface area (Å²) < 4.78 is 28.0. The Labute approximate surface area is 110 Å². The molecule has 0 radical (unpaired) electrons. The average molecular weight is 279 g/mol. The Balaban J connectivity index is 1.88. The maximum absolute atomic E-state index is 11.4. The van der Waals surface area contributed by atoms with Crippen molar-refractivity contribution in [2.75, 3.05) is 17.2 Å². The van der Waals surface area contributed by atoms with E-state index in [1.807, 2.05) is 6.07 Å². The second-order valence-corrected chi connectivity index (χ2v) is 6.91. The van der Waals surface area contributed by atoms with Crippen molar-refractivity contribution in [2.45, 2.75) is 12.3 Å². The second-order valence-electron chi connectivity index (χ2n) is 4.68. The molecule has 0 amide bonds. The van der Waals surface area contributed by atoms with Crippen molar-refractivity contribution in [1.82, 2.24) is 10.1 Å². The Hall–Kier alpha value is -1.89. The van der Waals surface area contributed by atoms with Gasteiger partial charge in [0.05, 0.1) is 11.5 Å². The highest BCUT2D eigenvalue weighted by molar-refractivity contribution is 7.91. The van der Waals surface area contributed by atoms with Crippen molar-refractivity contribution in [2.24, 2.45) is 0 Å². The van der Waals surface area contributed by atoms with Crippen molar-refractivity contribution in [3.8, 4) is 11.5 Å². The van der Waals surface area contributed by atoms with E-state index >= 15 is 0 Å². The first-order valence-corrected chi connectivity index (χ1v) is 7.75. The molecule has 19 heavy (non-hydrogen) atoms. The molecule has 1 fully saturated rings. The molecular weight excluding hydrogens is 266 g/mol. The molecule has 1 aromatic heterocycles. The van der Waals surface area contributed by atoms with E-state index in [0.717, 1.165) is 5.56 Å². The normalized spacial score (nSPS) is 21.6. The van der Waals surface area contributed by atoms with Gasteiger partial charge in [-0.05, 0) is 24.6 Å². The minimum atomic E-state index is -2.95. The zero-order valence-corrected chi connectivity index (χ0v) is 10.9. The van der Waals surface area contributed by atoms with Crippen LogP contribution in [0.3, 0.4) is 0 Å². The lowest BCUT2D eigenvalue weighted by molar-refractivity contribution is 0.418. The summed E-state index contributed by atoms with van der Waals surface area (Å²) in [5, 5.41) is 3.88. The third-order valence-corrected chi connectivity index (χ3v) is 4.94. The van der Waals surface area contributed by atoms with Gasteiger partial charge in [-0.15, -0.1) is 0 Å². The maximum Gasteiger partial charge on any atom is 0.258 e. The van der Waals surface area contributed by atoms with Crippen LogP contribution in [0.1, 0.15) is 18.2 Å². The topological polar surface area (TPSA) is 99.1 Å². The van der Waals surface area contributed by atoms with Crippen LogP contribution in [0.25, 0.3) is 11.5 Å². The molecule has 1 saturated heterocycles. The fraction of sp³-hybridized carbons (Fsp3) is 0.333. The van der Waals surface area contributed by atoms with Crippen LogP contribution in [0.5, 0.6) is 0 Å². The van der Waals surface area contributed by atoms with Gasteiger partial charge in [0.15, 0.2) is 15.7 Å². The molecule has 0 spiro atoms. The van der Waals surface area contributed by atoms with E-state index in [1.165, 1.54) is 0 Å². The molecule has 7 heteroatoms. The Morgan fingerprint density at radius 2 is 2.21 bits per heavy atom. The monoisotopic (exact) mass is 279 g/mol. The Bertz CT molecular complexity index is 709. The van der Waals surface area contributed by atoms with Crippen LogP contribution >= 0.6 is 0 Å². The summed E-state index contributed by atoms with van der Waals surface area (Å²) in [4.78, 5) is 4.27. The second kappa shape index (κ2) is 4.34. The van der Waals surface area contributed by atoms with Gasteiger partial charge in [0, 0.05) is 17.2 Å². The molecule has 6 nitrogen and oxygen atoms in total. The first-order chi connectivity index (χ1) is 9.03. The van der Waals surface area contributed by atoms with Gasteiger partial charge in [-0.1, -0.05) is 11.2 Å². The summed E-state index contributed by atoms with van der Waals surface area (Å²) >= 11 is 0. The van der Waals surface area contributed by atoms with Crippen LogP contribution in [0.2, 0.25) is 0 Å². The van der Waals surface area contributed by atoms with Crippen LogP contribution in [0.4, 0.5) is 5.69 Å². The summed E-state index contributed by atoms with van der Waals surface area (Å²) in [5.74, 6) is 0.955. The Morgan fingerprint density at radius 3 is 2.89 bits per heavy atom. The number of hydrogen-bond acceptors (Lipinski definition) is 6. The lowest BCUT2D eigenvalue weighted by atomic mass is 10.1. The van der Waals surface area contributed by atoms with E-state index in [4.69, 9.17) is 10.3 Å². The van der Waals surface area contributed by atoms with Crippen LogP contribution in [0, 0.1) is 0 Å². The smallest absolute Gasteiger partial charge is 0.258 e. The number of benzene rings is 1. The third-order valence-electron chi connectivity index (χ3n) is 3.17. The molecule has 0 saturated carbocycles. The SMILES string of the molecule is Nc1cccc(-c2nc(C3CCS(=O)(=O)C3)no2)c1. The molecule has 3 rings (SSSR count). The van der Waals surface area contributed by atoms with Gasteiger partial charge in [-0.2, -0.15) is 4.98 Å². The predicted octanol–water partition coefficient (Wildman–Crippen LogP) is 1.22. The van der Waals surface area contributed by atoms with Gasteiger partial charge in [-0.3, -0.25) is 0 Å². The summed E-state index contributed by atoms with van der Waals surface area (Å²) in [7, 11) is -2.95. The molecule has 100 valence electrons. The number of nitrogens with two attached hydrogens (primary N) is 1. The van der Waals surface area contributed by atoms with Gasteiger partial charge in [0.25, 0.3) is 5.89 Å². The molecule has 1 aromatic carbocycles. The molecular formula is C12H13N3O3S. The first kappa shape index (κ1) is 12.2. The molecule has 2 aromatic rings. The molecule has 0 aliphatic carbocycles. The molecule has 0 bridgehead atoms. The number of hydrogen-bond donors (Lipinski definition) is 1. The number of aromatic nitrogens is 2. The lowest BCUT2D eigenvalue weighted by Crippen LogP contribution is -2.05. The van der Waals surface area contributed by atoms with Crippen molar-refractivity contribution in [1.29, 1.82) is 0 Å². The number of nitrogen functional groups attached to an aromatic ring is 1. The van der Waals surface area contributed by atoms with Gasteiger partial charge in [0.2, 0.25) is 0 Å². The van der Waals surface area contributed by atoms with Gasteiger partial charge < -0.3 is 10.3 Å². The fourth-order valence-corrected chi connectivity index (χ4v) is 3.93. The highest BCUT2D eigenvalue weighted by Gasteiger charge is 2.32. The average Bonchev–Trinajstić information content (AvgIpc) is 2.95. The summed E-state index contributed by atoms with van der Waals surface area (Å²) in [6.45, 7) is 0. The maximum atomic E-state index is 11.4. The highest BCUT2D eigenvalue weighted by Crippen LogP contribution is 2.28. The third kappa shape index (κ3) is 2.46. The van der Waals surface area contributed by atoms with E-state index in [0.29, 0.717) is 23.8 Å². The Kier molecular flexibility index (Phi) is 2.78. The number of nitrogens with zero attached hydrogens (tertiary/aromatic N) is 2. The van der Waals surface area contributed by atoms with Gasteiger partial charge in [0.1, 0.15) is 0 Å². The van der Waals surface area contributed by atoms with E-state index in [9.17, 15) is 8.42 Å². The molecule has 2 heterocycles. The van der Waals surface area contributed by atoms with Crippen molar-refractivity contribution < 1.29 is 12.9 Å². The Morgan fingerprint density at radius 1 is 1.37 bits per heavy atom. The number of anilines is 1. The molecule has 1 aliphatic rings. The van der Waals surface area contributed by atoms with E-state index in [-0.39, 0.29) is 17.4 Å². The number of rotatable bonds is 2. The largest absolute Gasteiger partial charge is 0.399 e. The lowest BCUT2D eigenvalue weighted by Gasteiger charge is -1.98. The minimum absolute atomic E-state index is 0.100. The van der Waals surface area contributed by atoms with E-state index in [1.54, 1.807) is 18.2 Å². The van der Waals surface area contributed by atoms with Crippen LogP contribution < -0.4 is 5.73 Å². The summed E-state index contributed by atoms with van der Waals surface area (Å²) in [5.41, 5.74) is 7.04. The van der Waals surface area contributed by atoms with Gasteiger partial charge >= 0.3 is 0 Å². The van der Waals surface area contributed by atoms with Crippen LogP contribution in [-0.2, 0) is 9.84 Å². The first-order valence-electron chi connectivity index (χ1n) is 5.93. The summed E-state index contributed by atoms with van der Waals surface area (Å²) in [6, 6.07) is 7.13. The number of sulfone groups is 1. The van der Waals surface area contributed by atoms with Crippen LogP contribution in [-0.4, -0.2) is 30.1 Å². The predicted molar refractivity (Wildman–Crippen MR) is 70.2 cm³/mol. The van der Waals surface area contributed by atoms with E-state index < -0.39 is 9.84 Å². The summed E-state index contributed by atoms with van der Waals surface area (Å²) in [6.07, 6.45) is 0.554. The fourth-order valence-electron chi connectivity index (χ4n) is 2.19. The quantitative estimate of drug-likeness (QED) is 0.830. The molecule has 1 aliphatic heterocycles. The molecule has 1 unspecified atom stereocenters. The van der Waals surface area contributed by atoms with Crippen molar-refractivity contribution in [3.05, 3.63) is 30.1 Å². The van der Waals surface area contributed by atoms with Crippen LogP contribution in [0.15, 0.2) is 28.8 Å². The minimum Gasteiger partial charge on any atom is -0.399 e. The zero-order valence-electron chi connectivity index (χ0n) is 10.1. The molecule has 2 N–H and O–H groups in total. The van der Waals surface area contributed by atoms with E-state index in [2.05, 4.69) is 10.1 Å². The standard InChI is InChI=1S/C12H13N3O3S/c13-10-3-1-2-8(6-10)12-14-11(15-18-12)9-4-5-19(16,17)7-9/h1-3,6,9H,4-5,7,13H2. The highest BCUT2D eigenvalue weighted by atomic mass is 32.2. The van der Waals surface area contributed by atoms with Gasteiger partial charge in [-0.25, -0.2) is 8.42 Å². The molecule has 1 atom stereocenters. The zero-order chi connectivity index (χ0) is 13.5. The van der Waals surface area contributed by atoms with Crippen molar-refractivity contribution >= 4 is 15.5 Å².